The van der Waals surface area contributed by atoms with Crippen LogP contribution >= 0.6 is 11.3 Å². The summed E-state index contributed by atoms with van der Waals surface area (Å²) in [4.78, 5) is 69.2. The standard InChI is InChI=1S/C42H55N7O8S2/c1-7-48(5)41(53)45-30-14-12-10-8-9-11-13-26-21-42(26,40(52)47-59(54,55)28-15-16-28)46-37(50)33-19-27(22-49(33)39(30)51)57-35-20-31(38-44-32(23-58-38)24(2)3)43-36-25(4)34(56-6)18-17-29(35)36/h11,13,17-18,20,23-24,26-28,30,33H,7-10,12,14-16,19,21-22H2,1-6H3,(H,45,53)(H,46,50)(H,47,52)/t26-,27-,30+,33+,42-/m1/s1. The lowest BCUT2D eigenvalue weighted by atomic mass is 10.0. The topological polar surface area (TPSA) is 189 Å². The Morgan fingerprint density at radius 3 is 2.59 bits per heavy atom. The van der Waals surface area contributed by atoms with Crippen molar-refractivity contribution < 1.29 is 37.1 Å². The van der Waals surface area contributed by atoms with Gasteiger partial charge in [0, 0.05) is 48.3 Å². The number of pyridine rings is 1. The zero-order valence-corrected chi connectivity index (χ0v) is 36.2. The Hall–Kier alpha value is -4.77. The van der Waals surface area contributed by atoms with Crippen molar-refractivity contribution in [2.24, 2.45) is 5.92 Å². The third kappa shape index (κ3) is 8.91. The summed E-state index contributed by atoms with van der Waals surface area (Å²) in [6.45, 7) is 8.35. The number of nitrogens with zero attached hydrogens (tertiary/aromatic N) is 4. The van der Waals surface area contributed by atoms with Gasteiger partial charge in [0.2, 0.25) is 21.8 Å². The molecule has 3 fully saturated rings. The largest absolute Gasteiger partial charge is 0.496 e. The second kappa shape index (κ2) is 17.1. The van der Waals surface area contributed by atoms with Gasteiger partial charge in [-0.2, -0.15) is 0 Å². The molecule has 0 radical (unpaired) electrons. The van der Waals surface area contributed by atoms with Gasteiger partial charge in [0.15, 0.2) is 0 Å². The quantitative estimate of drug-likeness (QED) is 0.230. The number of rotatable bonds is 10. The predicted molar refractivity (Wildman–Crippen MR) is 225 cm³/mol. The first-order chi connectivity index (χ1) is 28.1. The molecule has 2 aromatic heterocycles. The highest BCUT2D eigenvalue weighted by molar-refractivity contribution is 7.91. The number of sulfonamides is 1. The number of aromatic nitrogens is 2. The molecule has 2 aliphatic carbocycles. The Balaban J connectivity index is 1.25. The minimum atomic E-state index is -3.90. The molecule has 5 atom stereocenters. The number of urea groups is 1. The van der Waals surface area contributed by atoms with Crippen molar-refractivity contribution in [3.05, 3.63) is 47.0 Å². The molecule has 0 unspecified atom stereocenters. The van der Waals surface area contributed by atoms with E-state index in [-0.39, 0.29) is 25.3 Å². The minimum Gasteiger partial charge on any atom is -0.496 e. The van der Waals surface area contributed by atoms with Gasteiger partial charge in [-0.05, 0) is 70.4 Å². The number of hydrogen-bond donors (Lipinski definition) is 3. The molecule has 318 valence electrons. The third-order valence-corrected chi connectivity index (χ3v) is 14.7. The van der Waals surface area contributed by atoms with E-state index in [9.17, 15) is 27.6 Å². The van der Waals surface area contributed by atoms with Crippen LogP contribution < -0.4 is 24.8 Å². The van der Waals surface area contributed by atoms with Crippen LogP contribution in [0.4, 0.5) is 4.79 Å². The van der Waals surface area contributed by atoms with Crippen molar-refractivity contribution in [2.75, 3.05) is 27.2 Å². The Morgan fingerprint density at radius 1 is 1.12 bits per heavy atom. The number of thiazole rings is 1. The van der Waals surface area contributed by atoms with Crippen LogP contribution in [0.5, 0.6) is 11.5 Å². The Kier molecular flexibility index (Phi) is 12.3. The molecule has 1 aromatic carbocycles. The van der Waals surface area contributed by atoms with Gasteiger partial charge < -0.3 is 29.9 Å². The van der Waals surface area contributed by atoms with E-state index in [1.807, 2.05) is 49.6 Å². The van der Waals surface area contributed by atoms with E-state index < -0.39 is 68.7 Å². The van der Waals surface area contributed by atoms with Crippen LogP contribution in [-0.4, -0.2) is 108 Å². The van der Waals surface area contributed by atoms with Crippen LogP contribution in [-0.2, 0) is 24.4 Å². The molecule has 1 saturated heterocycles. The molecule has 2 aliphatic heterocycles. The number of benzene rings is 1. The monoisotopic (exact) mass is 849 g/mol. The lowest BCUT2D eigenvalue weighted by Gasteiger charge is -2.30. The average Bonchev–Trinajstić information content (AvgIpc) is 4.08. The molecule has 5 amide bonds. The number of fused-ring (bicyclic) bond motifs is 3. The fourth-order valence-electron chi connectivity index (χ4n) is 7.91. The zero-order chi connectivity index (χ0) is 42.2. The van der Waals surface area contributed by atoms with Gasteiger partial charge in [-0.1, -0.05) is 38.8 Å². The molecule has 0 bridgehead atoms. The van der Waals surface area contributed by atoms with E-state index in [1.165, 1.54) is 21.1 Å². The molecule has 7 rings (SSSR count). The van der Waals surface area contributed by atoms with Crippen LogP contribution in [0.25, 0.3) is 21.6 Å². The number of methoxy groups -OCH3 is 1. The summed E-state index contributed by atoms with van der Waals surface area (Å²) in [6, 6.07) is 3.12. The van der Waals surface area contributed by atoms with Crippen LogP contribution in [0.2, 0.25) is 0 Å². The average molecular weight is 850 g/mol. The summed E-state index contributed by atoms with van der Waals surface area (Å²) in [7, 11) is -0.654. The summed E-state index contributed by atoms with van der Waals surface area (Å²) in [5, 5.41) is 8.65. The summed E-state index contributed by atoms with van der Waals surface area (Å²) < 4.78 is 40.6. The molecule has 17 heteroatoms. The van der Waals surface area contributed by atoms with Gasteiger partial charge >= 0.3 is 6.03 Å². The first-order valence-electron chi connectivity index (χ1n) is 20.6. The Morgan fingerprint density at radius 2 is 1.90 bits per heavy atom. The lowest BCUT2D eigenvalue weighted by Crippen LogP contribution is -2.58. The van der Waals surface area contributed by atoms with Gasteiger partial charge in [0.1, 0.15) is 45.9 Å². The van der Waals surface area contributed by atoms with E-state index in [2.05, 4.69) is 29.2 Å². The van der Waals surface area contributed by atoms with Crippen molar-refractivity contribution in [1.29, 1.82) is 0 Å². The Labute approximate surface area is 349 Å². The number of allylic oxidation sites excluding steroid dienone is 1. The maximum atomic E-state index is 14.7. The van der Waals surface area contributed by atoms with Crippen molar-refractivity contribution in [1.82, 2.24) is 35.1 Å². The van der Waals surface area contributed by atoms with Crippen LogP contribution in [0.3, 0.4) is 0 Å². The molecule has 59 heavy (non-hydrogen) atoms. The van der Waals surface area contributed by atoms with Gasteiger partial charge in [-0.3, -0.25) is 19.1 Å². The van der Waals surface area contributed by atoms with Gasteiger partial charge in [0.05, 0.1) is 30.1 Å². The number of carbonyl (C=O) groups excluding carboxylic acids is 4. The number of carbonyl (C=O) groups is 4. The summed E-state index contributed by atoms with van der Waals surface area (Å²) in [5.41, 5.74) is 1.51. The van der Waals surface area contributed by atoms with Crippen molar-refractivity contribution in [3.8, 4) is 22.2 Å². The minimum absolute atomic E-state index is 0.00846. The number of amides is 5. The number of ether oxygens (including phenoxy) is 2. The van der Waals surface area contributed by atoms with E-state index >= 15 is 0 Å². The highest BCUT2D eigenvalue weighted by Gasteiger charge is 2.62. The molecular formula is C42H55N7O8S2. The number of hydrogen-bond acceptors (Lipinski definition) is 11. The first-order valence-corrected chi connectivity index (χ1v) is 23.1. The highest BCUT2D eigenvalue weighted by Crippen LogP contribution is 2.46. The molecule has 4 aliphatic rings. The predicted octanol–water partition coefficient (Wildman–Crippen LogP) is 5.18. The van der Waals surface area contributed by atoms with Gasteiger partial charge in [0.25, 0.3) is 5.91 Å². The van der Waals surface area contributed by atoms with E-state index in [0.717, 1.165) is 24.1 Å². The second-order valence-electron chi connectivity index (χ2n) is 16.5. The maximum absolute atomic E-state index is 14.7. The fourth-order valence-corrected chi connectivity index (χ4v) is 10.2. The summed E-state index contributed by atoms with van der Waals surface area (Å²) in [5.74, 6) is -0.884. The highest BCUT2D eigenvalue weighted by atomic mass is 32.2. The number of aryl methyl sites for hydroxylation is 1. The van der Waals surface area contributed by atoms with Crippen LogP contribution in [0.1, 0.15) is 95.7 Å². The SMILES string of the molecule is CCN(C)C(=O)N[C@H]1CCCCCC=C[C@@H]2C[C@@]2(C(=O)NS(=O)(=O)C2CC2)NC(=O)[C@@H]2C[C@@H](Oc3cc(-c4nc(C(C)C)cs4)nc4c(C)c(OC)ccc34)CN2C1=O. The third-order valence-electron chi connectivity index (χ3n) is 12.0. The van der Waals surface area contributed by atoms with E-state index in [0.29, 0.717) is 71.8 Å². The first kappa shape index (κ1) is 42.4. The molecule has 4 heterocycles. The lowest BCUT2D eigenvalue weighted by molar-refractivity contribution is -0.141. The molecule has 3 N–H and O–H groups in total. The zero-order valence-electron chi connectivity index (χ0n) is 34.6. The fraction of sp³-hybridized carbons (Fsp3) is 0.571. The normalized spacial score (nSPS) is 25.0. The smallest absolute Gasteiger partial charge is 0.317 e. The summed E-state index contributed by atoms with van der Waals surface area (Å²) >= 11 is 1.48. The van der Waals surface area contributed by atoms with Crippen molar-refractivity contribution in [3.63, 3.8) is 0 Å². The van der Waals surface area contributed by atoms with Crippen molar-refractivity contribution >= 4 is 56.0 Å². The summed E-state index contributed by atoms with van der Waals surface area (Å²) in [6.07, 6.45) is 7.70. The Bertz CT molecular complexity index is 2260. The maximum Gasteiger partial charge on any atom is 0.317 e. The molecule has 15 nitrogen and oxygen atoms in total. The van der Waals surface area contributed by atoms with Gasteiger partial charge in [-0.15, -0.1) is 11.3 Å². The molecule has 3 aromatic rings. The van der Waals surface area contributed by atoms with Crippen LogP contribution in [0.15, 0.2) is 35.7 Å². The molecule has 2 saturated carbocycles. The van der Waals surface area contributed by atoms with E-state index in [1.54, 1.807) is 14.2 Å². The van der Waals surface area contributed by atoms with Gasteiger partial charge in [-0.25, -0.2) is 23.2 Å². The number of nitrogens with one attached hydrogen (secondary N) is 3. The molecule has 0 spiro atoms. The van der Waals surface area contributed by atoms with Crippen molar-refractivity contribution in [2.45, 2.75) is 120 Å². The second-order valence-corrected chi connectivity index (χ2v) is 19.4. The van der Waals surface area contributed by atoms with E-state index in [4.69, 9.17) is 19.4 Å². The van der Waals surface area contributed by atoms with Crippen LogP contribution in [0, 0.1) is 12.8 Å². The molecular weight excluding hydrogens is 795 g/mol.